The molecule has 0 atom stereocenters. The van der Waals surface area contributed by atoms with E-state index in [0.29, 0.717) is 0 Å². The Morgan fingerprint density at radius 2 is 2.71 bits per heavy atom. The molecule has 0 aliphatic heterocycles. The number of halogens is 1. The van der Waals surface area contributed by atoms with Gasteiger partial charge in [-0.05, 0) is 0 Å². The van der Waals surface area contributed by atoms with Crippen LogP contribution in [0.2, 0.25) is 0 Å². The van der Waals surface area contributed by atoms with Crippen molar-refractivity contribution in [1.82, 2.24) is 4.98 Å². The molecule has 0 aliphatic rings. The summed E-state index contributed by atoms with van der Waals surface area (Å²) in [5.41, 5.74) is 0. The fraction of sp³-hybridized carbons (Fsp3) is 0. The Morgan fingerprint density at radius 3 is 3.00 bits per heavy atom. The molecule has 0 saturated carbocycles. The van der Waals surface area contributed by atoms with E-state index in [-0.39, 0.29) is 0 Å². The molecule has 0 aliphatic carbocycles. The summed E-state index contributed by atoms with van der Waals surface area (Å²) in [6.45, 7) is 0. The molecule has 0 radical (unpaired) electrons. The van der Waals surface area contributed by atoms with E-state index >= 15 is 0 Å². The Bertz CT molecular complexity index is 129. The Morgan fingerprint density at radius 1 is 1.86 bits per heavy atom. The van der Waals surface area contributed by atoms with Gasteiger partial charge in [0.05, 0.1) is 0 Å². The van der Waals surface area contributed by atoms with Crippen molar-refractivity contribution in [2.45, 2.75) is 0 Å². The molecule has 7 heavy (non-hydrogen) atoms. The fourth-order valence-electron chi connectivity index (χ4n) is 0.319. The zero-order valence-electron chi connectivity index (χ0n) is 3.60. The van der Waals surface area contributed by atoms with Crippen molar-refractivity contribution < 1.29 is 15.2 Å². The van der Waals surface area contributed by atoms with Crippen LogP contribution in [-0.2, 0) is 15.2 Å². The summed E-state index contributed by atoms with van der Waals surface area (Å²) in [5.74, 6) is 0. The average molecular weight is 229 g/mol. The minimum atomic E-state index is -0.506. The number of thiazole rings is 1. The van der Waals surface area contributed by atoms with Crippen LogP contribution in [0.3, 0.4) is 0 Å². The molecular formula is C3H2BrNSZn. The molecule has 1 rings (SSSR count). The normalized spacial score (nSPS) is 8.14. The number of hydrogen-bond donors (Lipinski definition) is 0. The third-order valence-corrected chi connectivity index (χ3v) is 8.58. The number of nitrogens with zero attached hydrogens (tertiary/aromatic N) is 1. The molecule has 0 bridgehead atoms. The van der Waals surface area contributed by atoms with Gasteiger partial charge in [0, 0.05) is 0 Å². The van der Waals surface area contributed by atoms with E-state index in [1.54, 1.807) is 11.3 Å². The van der Waals surface area contributed by atoms with Gasteiger partial charge in [0.2, 0.25) is 0 Å². The number of rotatable bonds is 1. The number of aromatic nitrogens is 1. The Hall–Kier alpha value is 0.733. The quantitative estimate of drug-likeness (QED) is 0.659. The Kier molecular flexibility index (Phi) is 2.43. The molecule has 0 fully saturated rings. The van der Waals surface area contributed by atoms with E-state index in [9.17, 15) is 0 Å². The van der Waals surface area contributed by atoms with E-state index in [2.05, 4.69) is 18.6 Å². The standard InChI is InChI=1S/C3H2NS.BrH.Zn/c1-2-5-3-4-1;;/h1-2H;1H;/q;;+1/p-1. The second-order valence-electron chi connectivity index (χ2n) is 1.06. The van der Waals surface area contributed by atoms with Gasteiger partial charge in [-0.15, -0.1) is 0 Å². The molecule has 4 heteroatoms. The molecule has 0 N–H and O–H groups in total. The first-order valence-corrected chi connectivity index (χ1v) is 11.2. The van der Waals surface area contributed by atoms with Crippen LogP contribution in [0.1, 0.15) is 0 Å². The van der Waals surface area contributed by atoms with Crippen LogP contribution in [0.25, 0.3) is 0 Å². The van der Waals surface area contributed by atoms with E-state index in [4.69, 9.17) is 0 Å². The van der Waals surface area contributed by atoms with E-state index in [0.717, 1.165) is 0 Å². The molecule has 1 heterocycles. The van der Waals surface area contributed by atoms with Crippen LogP contribution < -0.4 is 3.60 Å². The molecule has 0 spiro atoms. The summed E-state index contributed by atoms with van der Waals surface area (Å²) in [4.78, 5) is 4.09. The molecule has 1 aromatic rings. The van der Waals surface area contributed by atoms with Crippen LogP contribution >= 0.6 is 25.0 Å². The van der Waals surface area contributed by atoms with Gasteiger partial charge >= 0.3 is 60.3 Å². The van der Waals surface area contributed by atoms with Crippen molar-refractivity contribution >= 4 is 28.6 Å². The van der Waals surface area contributed by atoms with Crippen molar-refractivity contribution in [2.24, 2.45) is 0 Å². The van der Waals surface area contributed by atoms with Crippen LogP contribution in [0.15, 0.2) is 11.6 Å². The topological polar surface area (TPSA) is 12.9 Å². The summed E-state index contributed by atoms with van der Waals surface area (Å²) in [6, 6.07) is 0. The summed E-state index contributed by atoms with van der Waals surface area (Å²) in [6.07, 6.45) is 1.85. The summed E-state index contributed by atoms with van der Waals surface area (Å²) in [5, 5.41) is 2.02. The van der Waals surface area contributed by atoms with Gasteiger partial charge < -0.3 is 0 Å². The monoisotopic (exact) mass is 227 g/mol. The molecular weight excluding hydrogens is 227 g/mol. The summed E-state index contributed by atoms with van der Waals surface area (Å²) < 4.78 is 1.33. The molecule has 0 unspecified atom stereocenters. The second kappa shape index (κ2) is 2.90. The molecule has 1 nitrogen and oxygen atoms in total. The maximum atomic E-state index is 4.09. The Labute approximate surface area is 60.1 Å². The third kappa shape index (κ3) is 1.59. The Balaban J connectivity index is 2.76. The fourth-order valence-corrected chi connectivity index (χ4v) is 4.96. The van der Waals surface area contributed by atoms with E-state index < -0.39 is 15.2 Å². The molecule has 0 amide bonds. The van der Waals surface area contributed by atoms with Crippen molar-refractivity contribution in [2.75, 3.05) is 0 Å². The first kappa shape index (κ1) is 5.86. The van der Waals surface area contributed by atoms with Crippen LogP contribution in [-0.4, -0.2) is 4.98 Å². The van der Waals surface area contributed by atoms with Crippen LogP contribution in [0.5, 0.6) is 0 Å². The van der Waals surface area contributed by atoms with Gasteiger partial charge in [0.25, 0.3) is 0 Å². The third-order valence-electron chi connectivity index (χ3n) is 0.598. The van der Waals surface area contributed by atoms with E-state index in [1.807, 2.05) is 11.6 Å². The summed E-state index contributed by atoms with van der Waals surface area (Å²) >= 11 is 4.71. The van der Waals surface area contributed by atoms with Crippen molar-refractivity contribution in [3.63, 3.8) is 0 Å². The zero-order valence-corrected chi connectivity index (χ0v) is 8.96. The van der Waals surface area contributed by atoms with Gasteiger partial charge in [0.1, 0.15) is 0 Å². The van der Waals surface area contributed by atoms with Crippen molar-refractivity contribution in [3.05, 3.63) is 11.6 Å². The van der Waals surface area contributed by atoms with Gasteiger partial charge in [-0.1, -0.05) is 0 Å². The maximum absolute atomic E-state index is 4.09. The van der Waals surface area contributed by atoms with Crippen LogP contribution in [0.4, 0.5) is 0 Å². The molecule has 34 valence electrons. The predicted octanol–water partition coefficient (Wildman–Crippen LogP) is 1.16. The minimum absolute atomic E-state index is 0.506. The molecule has 0 aromatic carbocycles. The number of hydrogen-bond acceptors (Lipinski definition) is 2. The van der Waals surface area contributed by atoms with Gasteiger partial charge in [-0.25, -0.2) is 0 Å². The average Bonchev–Trinajstić information content (AvgIpc) is 2.14. The van der Waals surface area contributed by atoms with Gasteiger partial charge in [0.15, 0.2) is 0 Å². The van der Waals surface area contributed by atoms with Crippen molar-refractivity contribution in [3.8, 4) is 0 Å². The first-order valence-electron chi connectivity index (χ1n) is 1.88. The van der Waals surface area contributed by atoms with Gasteiger partial charge in [-0.2, -0.15) is 0 Å². The molecule has 0 saturated heterocycles. The zero-order chi connectivity index (χ0) is 5.11. The van der Waals surface area contributed by atoms with Crippen LogP contribution in [0, 0.1) is 0 Å². The predicted molar refractivity (Wildman–Crippen MR) is 30.7 cm³/mol. The molecule has 1 aromatic heterocycles. The first-order chi connectivity index (χ1) is 3.43. The summed E-state index contributed by atoms with van der Waals surface area (Å²) in [7, 11) is 0. The van der Waals surface area contributed by atoms with E-state index in [1.165, 1.54) is 3.60 Å². The van der Waals surface area contributed by atoms with Gasteiger partial charge in [-0.3, -0.25) is 0 Å². The second-order valence-corrected chi connectivity index (χ2v) is 7.99. The SMILES string of the molecule is [Br][Zn][c]1nccs1. The van der Waals surface area contributed by atoms with Crippen molar-refractivity contribution in [1.29, 1.82) is 0 Å².